The number of hydrogen-bond donors (Lipinski definition) is 2. The lowest BCUT2D eigenvalue weighted by atomic mass is 10.1. The summed E-state index contributed by atoms with van der Waals surface area (Å²) in [5.41, 5.74) is 5.93. The maximum absolute atomic E-state index is 12.0. The van der Waals surface area contributed by atoms with Crippen LogP contribution in [0.25, 0.3) is 0 Å². The molecule has 1 aromatic rings. The lowest BCUT2D eigenvalue weighted by Crippen LogP contribution is -2.34. The largest absolute Gasteiger partial charge is 0.382 e. The number of nitrogens with two attached hydrogens (primary N) is 1. The predicted octanol–water partition coefficient (Wildman–Crippen LogP) is 1.50. The number of carbonyl (C=O) groups is 1. The maximum Gasteiger partial charge on any atom is 0.271 e. The molecular formula is C11H20N4O. The fourth-order valence-corrected chi connectivity index (χ4v) is 1.48. The van der Waals surface area contributed by atoms with Gasteiger partial charge in [0.05, 0.1) is 0 Å². The van der Waals surface area contributed by atoms with Crippen molar-refractivity contribution in [1.82, 2.24) is 15.1 Å². The predicted molar refractivity (Wildman–Crippen MR) is 64.0 cm³/mol. The molecule has 0 aliphatic rings. The summed E-state index contributed by atoms with van der Waals surface area (Å²) in [5.74, 6) is 0.819. The van der Waals surface area contributed by atoms with Gasteiger partial charge >= 0.3 is 0 Å². The second-order valence-corrected chi connectivity index (χ2v) is 4.06. The second-order valence-electron chi connectivity index (χ2n) is 4.06. The van der Waals surface area contributed by atoms with Crippen molar-refractivity contribution in [3.05, 3.63) is 11.8 Å². The number of aromatic amines is 1. The first-order valence-corrected chi connectivity index (χ1v) is 5.68. The van der Waals surface area contributed by atoms with Gasteiger partial charge in [0.1, 0.15) is 11.5 Å². The van der Waals surface area contributed by atoms with Crippen LogP contribution in [0.15, 0.2) is 6.07 Å². The van der Waals surface area contributed by atoms with Crippen molar-refractivity contribution in [2.24, 2.45) is 5.92 Å². The third kappa shape index (κ3) is 2.98. The Labute approximate surface area is 96.0 Å². The highest BCUT2D eigenvalue weighted by Crippen LogP contribution is 2.09. The van der Waals surface area contributed by atoms with Crippen LogP contribution in [-0.4, -0.2) is 34.1 Å². The molecule has 1 amide bonds. The molecule has 5 nitrogen and oxygen atoms in total. The Morgan fingerprint density at radius 2 is 2.31 bits per heavy atom. The van der Waals surface area contributed by atoms with Crippen molar-refractivity contribution < 1.29 is 4.79 Å². The summed E-state index contributed by atoms with van der Waals surface area (Å²) < 4.78 is 0. The molecule has 90 valence electrons. The maximum atomic E-state index is 12.0. The number of H-pyrrole nitrogens is 1. The van der Waals surface area contributed by atoms with E-state index in [1.165, 1.54) is 0 Å². The van der Waals surface area contributed by atoms with Crippen LogP contribution in [0, 0.1) is 5.92 Å². The van der Waals surface area contributed by atoms with E-state index >= 15 is 0 Å². The molecule has 0 bridgehead atoms. The molecule has 0 saturated carbocycles. The van der Waals surface area contributed by atoms with Crippen molar-refractivity contribution in [3.8, 4) is 0 Å². The zero-order valence-corrected chi connectivity index (χ0v) is 10.2. The smallest absolute Gasteiger partial charge is 0.271 e. The minimum absolute atomic E-state index is 0.0352. The van der Waals surface area contributed by atoms with E-state index < -0.39 is 0 Å². The molecule has 1 unspecified atom stereocenters. The highest BCUT2D eigenvalue weighted by atomic mass is 16.2. The highest BCUT2D eigenvalue weighted by molar-refractivity contribution is 5.92. The van der Waals surface area contributed by atoms with Gasteiger partial charge in [-0.2, -0.15) is 5.10 Å². The Morgan fingerprint density at radius 1 is 1.62 bits per heavy atom. The molecular weight excluding hydrogens is 204 g/mol. The number of aromatic nitrogens is 2. The third-order valence-corrected chi connectivity index (χ3v) is 2.73. The molecule has 0 spiro atoms. The van der Waals surface area contributed by atoms with E-state index in [1.807, 2.05) is 6.92 Å². The number of hydrogen-bond acceptors (Lipinski definition) is 3. The molecule has 1 atom stereocenters. The van der Waals surface area contributed by atoms with Gasteiger partial charge in [-0.15, -0.1) is 0 Å². The van der Waals surface area contributed by atoms with Crippen LogP contribution in [0.5, 0.6) is 0 Å². The minimum Gasteiger partial charge on any atom is -0.382 e. The van der Waals surface area contributed by atoms with Crippen LogP contribution in [0.1, 0.15) is 37.7 Å². The third-order valence-electron chi connectivity index (χ3n) is 2.73. The minimum atomic E-state index is -0.0352. The summed E-state index contributed by atoms with van der Waals surface area (Å²) >= 11 is 0. The second kappa shape index (κ2) is 5.53. The van der Waals surface area contributed by atoms with Crippen LogP contribution in [0.3, 0.4) is 0 Å². The Morgan fingerprint density at radius 3 is 2.75 bits per heavy atom. The van der Waals surface area contributed by atoms with Crippen molar-refractivity contribution in [2.45, 2.75) is 27.2 Å². The number of rotatable bonds is 5. The summed E-state index contributed by atoms with van der Waals surface area (Å²) in [6.07, 6.45) is 1.06. The van der Waals surface area contributed by atoms with Crippen molar-refractivity contribution in [1.29, 1.82) is 0 Å². The van der Waals surface area contributed by atoms with Crippen molar-refractivity contribution >= 4 is 11.7 Å². The Kier molecular flexibility index (Phi) is 4.34. The van der Waals surface area contributed by atoms with Crippen molar-refractivity contribution in [2.75, 3.05) is 18.8 Å². The Bertz CT molecular complexity index is 348. The lowest BCUT2D eigenvalue weighted by Gasteiger charge is -2.23. The molecule has 0 saturated heterocycles. The standard InChI is InChI=1S/C11H20N4O/c1-4-8(3)7-15(5-2)11(16)9-6-10(12)14-13-9/h6,8H,4-5,7H2,1-3H3,(H3,12,13,14). The average Bonchev–Trinajstić information content (AvgIpc) is 2.71. The Hall–Kier alpha value is -1.52. The fourth-order valence-electron chi connectivity index (χ4n) is 1.48. The number of carbonyl (C=O) groups excluding carboxylic acids is 1. The van der Waals surface area contributed by atoms with Gasteiger partial charge in [-0.25, -0.2) is 0 Å². The molecule has 16 heavy (non-hydrogen) atoms. The van der Waals surface area contributed by atoms with Gasteiger partial charge in [0.15, 0.2) is 0 Å². The molecule has 5 heteroatoms. The van der Waals surface area contributed by atoms with E-state index in [0.29, 0.717) is 24.0 Å². The number of amides is 1. The molecule has 1 heterocycles. The zero-order chi connectivity index (χ0) is 12.1. The molecule has 0 aromatic carbocycles. The molecule has 0 radical (unpaired) electrons. The number of nitrogen functional groups attached to an aromatic ring is 1. The summed E-state index contributed by atoms with van der Waals surface area (Å²) in [5, 5.41) is 6.40. The molecule has 0 aliphatic heterocycles. The van der Waals surface area contributed by atoms with Crippen LogP contribution >= 0.6 is 0 Å². The van der Waals surface area contributed by atoms with Crippen LogP contribution < -0.4 is 5.73 Å². The molecule has 1 rings (SSSR count). The monoisotopic (exact) mass is 224 g/mol. The van der Waals surface area contributed by atoms with Crippen LogP contribution in [0.4, 0.5) is 5.82 Å². The fraction of sp³-hybridized carbons (Fsp3) is 0.636. The SMILES string of the molecule is CCC(C)CN(CC)C(=O)c1cc(N)n[nH]1. The lowest BCUT2D eigenvalue weighted by molar-refractivity contribution is 0.0735. The normalized spacial score (nSPS) is 12.4. The molecule has 0 aliphatic carbocycles. The van der Waals surface area contributed by atoms with E-state index in [-0.39, 0.29) is 5.91 Å². The topological polar surface area (TPSA) is 75.0 Å². The number of nitrogens with one attached hydrogen (secondary N) is 1. The van der Waals surface area contributed by atoms with Crippen LogP contribution in [0.2, 0.25) is 0 Å². The first-order chi connectivity index (χ1) is 7.58. The van der Waals surface area contributed by atoms with Crippen LogP contribution in [-0.2, 0) is 0 Å². The summed E-state index contributed by atoms with van der Waals surface area (Å²) in [6, 6.07) is 1.57. The summed E-state index contributed by atoms with van der Waals surface area (Å²) in [4.78, 5) is 13.8. The molecule has 3 N–H and O–H groups in total. The van der Waals surface area contributed by atoms with Gasteiger partial charge < -0.3 is 10.6 Å². The molecule has 1 aromatic heterocycles. The van der Waals surface area contributed by atoms with Gasteiger partial charge in [-0.05, 0) is 12.8 Å². The van der Waals surface area contributed by atoms with E-state index in [0.717, 1.165) is 13.0 Å². The van der Waals surface area contributed by atoms with E-state index in [4.69, 9.17) is 5.73 Å². The van der Waals surface area contributed by atoms with Gasteiger partial charge in [0.2, 0.25) is 0 Å². The van der Waals surface area contributed by atoms with Crippen molar-refractivity contribution in [3.63, 3.8) is 0 Å². The highest BCUT2D eigenvalue weighted by Gasteiger charge is 2.17. The van der Waals surface area contributed by atoms with E-state index in [1.54, 1.807) is 11.0 Å². The zero-order valence-electron chi connectivity index (χ0n) is 10.2. The first kappa shape index (κ1) is 12.5. The number of nitrogens with zero attached hydrogens (tertiary/aromatic N) is 2. The Balaban J connectivity index is 2.69. The van der Waals surface area contributed by atoms with E-state index in [2.05, 4.69) is 24.0 Å². The average molecular weight is 224 g/mol. The summed E-state index contributed by atoms with van der Waals surface area (Å²) in [6.45, 7) is 7.70. The van der Waals surface area contributed by atoms with Gasteiger partial charge in [0.25, 0.3) is 5.91 Å². The molecule has 0 fully saturated rings. The number of anilines is 1. The summed E-state index contributed by atoms with van der Waals surface area (Å²) in [7, 11) is 0. The first-order valence-electron chi connectivity index (χ1n) is 5.68. The quantitative estimate of drug-likeness (QED) is 0.795. The van der Waals surface area contributed by atoms with E-state index in [9.17, 15) is 4.79 Å². The van der Waals surface area contributed by atoms with Gasteiger partial charge in [-0.3, -0.25) is 9.89 Å². The van der Waals surface area contributed by atoms with Gasteiger partial charge in [-0.1, -0.05) is 20.3 Å². The van der Waals surface area contributed by atoms with Gasteiger partial charge in [0, 0.05) is 19.2 Å².